The summed E-state index contributed by atoms with van der Waals surface area (Å²) in [6.07, 6.45) is 0. The monoisotopic (exact) mass is 354 g/mol. The molecule has 0 fully saturated rings. The van der Waals surface area contributed by atoms with Gasteiger partial charge in [0.2, 0.25) is 0 Å². The molecule has 0 saturated carbocycles. The first-order chi connectivity index (χ1) is 9.40. The predicted octanol–water partition coefficient (Wildman–Crippen LogP) is 4.24. The Kier molecular flexibility index (Phi) is 4.83. The zero-order valence-electron chi connectivity index (χ0n) is 11.9. The van der Waals surface area contributed by atoms with Gasteiger partial charge >= 0.3 is 0 Å². The van der Waals surface area contributed by atoms with E-state index in [0.29, 0.717) is 13.2 Å². The molecule has 0 amide bonds. The Morgan fingerprint density at radius 3 is 2.70 bits per heavy atom. The molecule has 108 valence electrons. The van der Waals surface area contributed by atoms with E-state index in [4.69, 9.17) is 10.5 Å². The minimum absolute atomic E-state index is 0.0824. The second-order valence-corrected chi connectivity index (χ2v) is 7.42. The fourth-order valence-corrected chi connectivity index (χ4v) is 3.00. The molecule has 0 aliphatic carbocycles. The third kappa shape index (κ3) is 3.81. The minimum Gasteiger partial charge on any atom is -0.486 e. The van der Waals surface area contributed by atoms with Gasteiger partial charge < -0.3 is 10.5 Å². The van der Waals surface area contributed by atoms with Crippen LogP contribution in [0.25, 0.3) is 0 Å². The summed E-state index contributed by atoms with van der Waals surface area (Å²) in [4.78, 5) is 4.62. The van der Waals surface area contributed by atoms with Gasteiger partial charge in [-0.15, -0.1) is 11.3 Å². The normalized spacial score (nSPS) is 11.7. The summed E-state index contributed by atoms with van der Waals surface area (Å²) in [6, 6.07) is 5.85. The Morgan fingerprint density at radius 1 is 1.35 bits per heavy atom. The molecule has 2 aromatic rings. The van der Waals surface area contributed by atoms with Crippen molar-refractivity contribution in [1.82, 2.24) is 4.98 Å². The van der Waals surface area contributed by atoms with E-state index in [1.54, 1.807) is 11.3 Å². The van der Waals surface area contributed by atoms with Crippen molar-refractivity contribution in [3.05, 3.63) is 44.3 Å². The largest absolute Gasteiger partial charge is 0.486 e. The highest BCUT2D eigenvalue weighted by molar-refractivity contribution is 9.10. The maximum Gasteiger partial charge on any atom is 0.140 e. The number of nitrogens with two attached hydrogens (primary N) is 1. The number of ether oxygens (including phenoxy) is 1. The molecule has 20 heavy (non-hydrogen) atoms. The summed E-state index contributed by atoms with van der Waals surface area (Å²) in [5.74, 6) is 0.821. The van der Waals surface area contributed by atoms with Gasteiger partial charge in [-0.05, 0) is 23.8 Å². The lowest BCUT2D eigenvalue weighted by molar-refractivity contribution is 0.304. The summed E-state index contributed by atoms with van der Waals surface area (Å²) in [6.45, 7) is 7.47. The average molecular weight is 355 g/mol. The first kappa shape index (κ1) is 15.5. The van der Waals surface area contributed by atoms with Gasteiger partial charge in [-0.3, -0.25) is 0 Å². The fourth-order valence-electron chi connectivity index (χ4n) is 1.66. The van der Waals surface area contributed by atoms with Gasteiger partial charge in [0.05, 0.1) is 5.69 Å². The standard InChI is InChI=1S/C15H19BrN2OS/c1-15(2,3)13-9-20-14(18-13)8-19-11-4-5-12(16)10(6-11)7-17/h4-6,9H,7-8,17H2,1-3H3. The SMILES string of the molecule is CC(C)(C)c1csc(COc2ccc(Br)c(CN)c2)n1. The number of hydrogen-bond donors (Lipinski definition) is 1. The number of nitrogens with zero attached hydrogens (tertiary/aromatic N) is 1. The van der Waals surface area contributed by atoms with Crippen molar-refractivity contribution >= 4 is 27.3 Å². The molecule has 2 rings (SSSR count). The minimum atomic E-state index is 0.0824. The maximum absolute atomic E-state index is 5.79. The van der Waals surface area contributed by atoms with Crippen molar-refractivity contribution in [3.63, 3.8) is 0 Å². The molecule has 0 spiro atoms. The van der Waals surface area contributed by atoms with Gasteiger partial charge in [0.1, 0.15) is 17.4 Å². The van der Waals surface area contributed by atoms with Gasteiger partial charge in [-0.1, -0.05) is 36.7 Å². The van der Waals surface area contributed by atoms with Crippen LogP contribution in [0.2, 0.25) is 0 Å². The lowest BCUT2D eigenvalue weighted by Gasteiger charge is -2.14. The highest BCUT2D eigenvalue weighted by Gasteiger charge is 2.17. The summed E-state index contributed by atoms with van der Waals surface area (Å²) < 4.78 is 6.80. The Bertz CT molecular complexity index is 590. The Hall–Kier alpha value is -0.910. The molecule has 0 aliphatic heterocycles. The van der Waals surface area contributed by atoms with Gasteiger partial charge in [-0.2, -0.15) is 0 Å². The second-order valence-electron chi connectivity index (χ2n) is 5.62. The molecule has 0 bridgehead atoms. The molecule has 0 saturated heterocycles. The number of halogens is 1. The molecule has 0 atom stereocenters. The molecule has 1 heterocycles. The van der Waals surface area contributed by atoms with Crippen LogP contribution in [-0.2, 0) is 18.6 Å². The van der Waals surface area contributed by atoms with Crippen molar-refractivity contribution in [2.24, 2.45) is 5.73 Å². The summed E-state index contributed by atoms with van der Waals surface area (Å²) >= 11 is 5.10. The highest BCUT2D eigenvalue weighted by atomic mass is 79.9. The van der Waals surface area contributed by atoms with E-state index in [-0.39, 0.29) is 5.41 Å². The fraction of sp³-hybridized carbons (Fsp3) is 0.400. The van der Waals surface area contributed by atoms with Crippen molar-refractivity contribution in [2.45, 2.75) is 39.3 Å². The number of aromatic nitrogens is 1. The van der Waals surface area contributed by atoms with Crippen LogP contribution < -0.4 is 10.5 Å². The molecule has 0 unspecified atom stereocenters. The third-order valence-electron chi connectivity index (χ3n) is 2.92. The van der Waals surface area contributed by atoms with Gasteiger partial charge in [-0.25, -0.2) is 4.98 Å². The summed E-state index contributed by atoms with van der Waals surface area (Å²) in [5.41, 5.74) is 7.91. The third-order valence-corrected chi connectivity index (χ3v) is 4.52. The molecule has 5 heteroatoms. The Morgan fingerprint density at radius 2 is 2.10 bits per heavy atom. The lowest BCUT2D eigenvalue weighted by Crippen LogP contribution is -2.11. The molecule has 2 N–H and O–H groups in total. The second kappa shape index (κ2) is 6.24. The van der Waals surface area contributed by atoms with Gasteiger partial charge in [0.15, 0.2) is 0 Å². The van der Waals surface area contributed by atoms with Crippen LogP contribution in [0.5, 0.6) is 5.75 Å². The van der Waals surface area contributed by atoms with E-state index in [0.717, 1.165) is 26.5 Å². The van der Waals surface area contributed by atoms with Crippen LogP contribution in [0, 0.1) is 0 Å². The van der Waals surface area contributed by atoms with E-state index < -0.39 is 0 Å². The van der Waals surface area contributed by atoms with Crippen molar-refractivity contribution in [2.75, 3.05) is 0 Å². The molecule has 0 radical (unpaired) electrons. The number of benzene rings is 1. The summed E-state index contributed by atoms with van der Waals surface area (Å²) in [7, 11) is 0. The molecule has 0 aliphatic rings. The van der Waals surface area contributed by atoms with Crippen LogP contribution in [0.3, 0.4) is 0 Å². The van der Waals surface area contributed by atoms with Crippen molar-refractivity contribution in [1.29, 1.82) is 0 Å². The zero-order chi connectivity index (χ0) is 14.8. The smallest absolute Gasteiger partial charge is 0.140 e. The Labute approximate surface area is 132 Å². The van der Waals surface area contributed by atoms with Crippen LogP contribution in [0.15, 0.2) is 28.1 Å². The van der Waals surface area contributed by atoms with Crippen LogP contribution >= 0.6 is 27.3 Å². The highest BCUT2D eigenvalue weighted by Crippen LogP contribution is 2.26. The molecular formula is C15H19BrN2OS. The number of rotatable bonds is 4. The topological polar surface area (TPSA) is 48.1 Å². The van der Waals surface area contributed by atoms with E-state index in [1.165, 1.54) is 0 Å². The summed E-state index contributed by atoms with van der Waals surface area (Å²) in [5, 5.41) is 3.10. The lowest BCUT2D eigenvalue weighted by atomic mass is 9.93. The number of thiazole rings is 1. The van der Waals surface area contributed by atoms with Crippen LogP contribution in [0.4, 0.5) is 0 Å². The zero-order valence-corrected chi connectivity index (χ0v) is 14.3. The van der Waals surface area contributed by atoms with E-state index in [1.807, 2.05) is 18.2 Å². The molecule has 1 aromatic carbocycles. The van der Waals surface area contributed by atoms with Gasteiger partial charge in [0, 0.05) is 21.8 Å². The molecule has 3 nitrogen and oxygen atoms in total. The molecule has 1 aromatic heterocycles. The molecular weight excluding hydrogens is 336 g/mol. The number of hydrogen-bond acceptors (Lipinski definition) is 4. The maximum atomic E-state index is 5.79. The van der Waals surface area contributed by atoms with Crippen molar-refractivity contribution < 1.29 is 4.74 Å². The van der Waals surface area contributed by atoms with Crippen molar-refractivity contribution in [3.8, 4) is 5.75 Å². The first-order valence-electron chi connectivity index (χ1n) is 6.46. The first-order valence-corrected chi connectivity index (χ1v) is 8.13. The quantitative estimate of drug-likeness (QED) is 0.892. The Balaban J connectivity index is 2.04. The van der Waals surface area contributed by atoms with Crippen LogP contribution in [0.1, 0.15) is 37.0 Å². The van der Waals surface area contributed by atoms with E-state index >= 15 is 0 Å². The van der Waals surface area contributed by atoms with E-state index in [9.17, 15) is 0 Å². The predicted molar refractivity (Wildman–Crippen MR) is 87.2 cm³/mol. The van der Waals surface area contributed by atoms with Gasteiger partial charge in [0.25, 0.3) is 0 Å². The van der Waals surface area contributed by atoms with Crippen LogP contribution in [-0.4, -0.2) is 4.98 Å². The van der Waals surface area contributed by atoms with E-state index in [2.05, 4.69) is 47.1 Å². The average Bonchev–Trinajstić information content (AvgIpc) is 2.86.